The van der Waals surface area contributed by atoms with E-state index < -0.39 is 23.9 Å². The van der Waals surface area contributed by atoms with Crippen LogP contribution in [-0.4, -0.2) is 23.4 Å². The number of ether oxygens (including phenoxy) is 1. The summed E-state index contributed by atoms with van der Waals surface area (Å²) in [6.07, 6.45) is -1.72. The molecule has 2 aliphatic rings. The van der Waals surface area contributed by atoms with Gasteiger partial charge in [0.25, 0.3) is 0 Å². The molecule has 0 radical (unpaired) electrons. The van der Waals surface area contributed by atoms with E-state index in [1.54, 1.807) is 32.2 Å². The first-order chi connectivity index (χ1) is 16.6. The number of hydrogen-bond acceptors (Lipinski definition) is 5. The van der Waals surface area contributed by atoms with Gasteiger partial charge in [-0.3, -0.25) is 14.9 Å². The number of benzene rings is 1. The van der Waals surface area contributed by atoms with E-state index in [1.165, 1.54) is 12.1 Å². The van der Waals surface area contributed by atoms with Crippen LogP contribution in [0.1, 0.15) is 67.6 Å². The van der Waals surface area contributed by atoms with E-state index in [0.717, 1.165) is 18.9 Å². The van der Waals surface area contributed by atoms with Crippen molar-refractivity contribution in [3.63, 3.8) is 0 Å². The molecule has 0 bridgehead atoms. The zero-order valence-corrected chi connectivity index (χ0v) is 19.6. The largest absolute Gasteiger partial charge is 0.477 e. The van der Waals surface area contributed by atoms with Crippen LogP contribution >= 0.6 is 0 Å². The zero-order chi connectivity index (χ0) is 25.2. The molecular formula is C25H29F3N4O3. The van der Waals surface area contributed by atoms with E-state index in [9.17, 15) is 22.8 Å². The van der Waals surface area contributed by atoms with Crippen molar-refractivity contribution in [2.45, 2.75) is 58.0 Å². The van der Waals surface area contributed by atoms with E-state index in [2.05, 4.69) is 20.9 Å². The van der Waals surface area contributed by atoms with Crippen molar-refractivity contribution in [3.8, 4) is 5.88 Å². The molecule has 4 rings (SSSR count). The molecular weight excluding hydrogens is 461 g/mol. The maximum absolute atomic E-state index is 13.8. The molecule has 1 aliphatic carbocycles. The van der Waals surface area contributed by atoms with Crippen molar-refractivity contribution in [3.05, 3.63) is 58.8 Å². The number of carbonyl (C=O) groups is 2. The summed E-state index contributed by atoms with van der Waals surface area (Å²) in [6, 6.07) is 6.64. The van der Waals surface area contributed by atoms with E-state index in [4.69, 9.17) is 4.74 Å². The second-order valence-electron chi connectivity index (χ2n) is 9.40. The summed E-state index contributed by atoms with van der Waals surface area (Å²) >= 11 is 0. The Labute approximate surface area is 201 Å². The maximum atomic E-state index is 13.8. The molecule has 1 aliphatic heterocycles. The minimum Gasteiger partial charge on any atom is -0.477 e. The minimum absolute atomic E-state index is 0.0615. The quantitative estimate of drug-likeness (QED) is 0.520. The highest BCUT2D eigenvalue weighted by Gasteiger charge is 2.38. The van der Waals surface area contributed by atoms with Crippen molar-refractivity contribution in [2.24, 2.45) is 11.8 Å². The summed E-state index contributed by atoms with van der Waals surface area (Å²) < 4.78 is 47.1. The van der Waals surface area contributed by atoms with Crippen molar-refractivity contribution >= 4 is 11.8 Å². The molecule has 0 spiro atoms. The van der Waals surface area contributed by atoms with E-state index in [1.807, 2.05) is 0 Å². The number of amides is 2. The van der Waals surface area contributed by atoms with Gasteiger partial charge < -0.3 is 15.4 Å². The average Bonchev–Trinajstić information content (AvgIpc) is 3.65. The molecule has 10 heteroatoms. The van der Waals surface area contributed by atoms with Crippen LogP contribution in [0.3, 0.4) is 0 Å². The molecule has 3 N–H and O–H groups in total. The predicted molar refractivity (Wildman–Crippen MR) is 122 cm³/mol. The summed E-state index contributed by atoms with van der Waals surface area (Å²) in [5.41, 5.74) is 0.220. The van der Waals surface area contributed by atoms with Gasteiger partial charge >= 0.3 is 6.18 Å². The Morgan fingerprint density at radius 3 is 2.63 bits per heavy atom. The van der Waals surface area contributed by atoms with Gasteiger partial charge in [0.15, 0.2) is 0 Å². The van der Waals surface area contributed by atoms with E-state index >= 15 is 0 Å². The summed E-state index contributed by atoms with van der Waals surface area (Å²) in [5.74, 6) is 0.237. The topological polar surface area (TPSA) is 92.4 Å². The monoisotopic (exact) mass is 490 g/mol. The number of alkyl halides is 3. The SMILES string of the molecule is CC(C)C(=O)NCc1ccc(C(F)(F)F)c(C2NC(=O)CC(c3ccc(OCC4CC4)nc3)N2)c1. The Hall–Kier alpha value is -3.14. The molecule has 1 saturated carbocycles. The molecule has 188 valence electrons. The second kappa shape index (κ2) is 10.2. The molecule has 2 atom stereocenters. The fraction of sp³-hybridized carbons (Fsp3) is 0.480. The Kier molecular flexibility index (Phi) is 7.30. The molecule has 2 amide bonds. The van der Waals surface area contributed by atoms with Crippen LogP contribution < -0.4 is 20.7 Å². The number of carbonyl (C=O) groups excluding carboxylic acids is 2. The van der Waals surface area contributed by atoms with Crippen LogP contribution in [0.25, 0.3) is 0 Å². The third-order valence-corrected chi connectivity index (χ3v) is 6.11. The first-order valence-corrected chi connectivity index (χ1v) is 11.7. The Morgan fingerprint density at radius 1 is 1.23 bits per heavy atom. The lowest BCUT2D eigenvalue weighted by Gasteiger charge is -2.33. The van der Waals surface area contributed by atoms with Gasteiger partial charge in [-0.2, -0.15) is 13.2 Å². The standard InChI is InChI=1S/C25H29F3N4O3/c1-14(2)24(34)30-11-16-5-7-19(25(26,27)28)18(9-16)23-31-20(10-21(33)32-23)17-6-8-22(29-12-17)35-13-15-3-4-15/h5-9,12,14-15,20,23,31H,3-4,10-11,13H2,1-2H3,(H,30,34)(H,32,33). The molecule has 35 heavy (non-hydrogen) atoms. The normalized spacial score (nSPS) is 20.5. The highest BCUT2D eigenvalue weighted by Crippen LogP contribution is 2.37. The smallest absolute Gasteiger partial charge is 0.416 e. The molecule has 2 unspecified atom stereocenters. The Bertz CT molecular complexity index is 1070. The first-order valence-electron chi connectivity index (χ1n) is 11.7. The van der Waals surface area contributed by atoms with E-state index in [0.29, 0.717) is 29.5 Å². The fourth-order valence-corrected chi connectivity index (χ4v) is 3.87. The van der Waals surface area contributed by atoms with Gasteiger partial charge in [-0.1, -0.05) is 26.0 Å². The average molecular weight is 491 g/mol. The highest BCUT2D eigenvalue weighted by molar-refractivity contribution is 5.78. The van der Waals surface area contributed by atoms with Gasteiger partial charge in [0, 0.05) is 42.8 Å². The minimum atomic E-state index is -4.61. The number of hydrogen-bond donors (Lipinski definition) is 3. The number of nitrogens with zero attached hydrogens (tertiary/aromatic N) is 1. The summed E-state index contributed by atoms with van der Waals surface area (Å²) in [4.78, 5) is 28.7. The third-order valence-electron chi connectivity index (χ3n) is 6.11. The van der Waals surface area contributed by atoms with Crippen molar-refractivity contribution < 1.29 is 27.5 Å². The molecule has 1 aromatic heterocycles. The van der Waals surface area contributed by atoms with Crippen molar-refractivity contribution in [1.82, 2.24) is 20.9 Å². The van der Waals surface area contributed by atoms with Gasteiger partial charge in [0.2, 0.25) is 17.7 Å². The highest BCUT2D eigenvalue weighted by atomic mass is 19.4. The number of aromatic nitrogens is 1. The number of halogens is 3. The number of nitrogens with one attached hydrogen (secondary N) is 3. The summed E-state index contributed by atoms with van der Waals surface area (Å²) in [5, 5.41) is 8.45. The molecule has 2 fully saturated rings. The van der Waals surface area contributed by atoms with Crippen LogP contribution in [0, 0.1) is 11.8 Å². The summed E-state index contributed by atoms with van der Waals surface area (Å²) in [6.45, 7) is 4.16. The lowest BCUT2D eigenvalue weighted by molar-refractivity contribution is -0.139. The second-order valence-corrected chi connectivity index (χ2v) is 9.40. The predicted octanol–water partition coefficient (Wildman–Crippen LogP) is 4.01. The van der Waals surface area contributed by atoms with Crippen LogP contribution in [0.2, 0.25) is 0 Å². The molecule has 2 aromatic rings. The van der Waals surface area contributed by atoms with Crippen molar-refractivity contribution in [2.75, 3.05) is 6.61 Å². The van der Waals surface area contributed by atoms with Crippen molar-refractivity contribution in [1.29, 1.82) is 0 Å². The fourth-order valence-electron chi connectivity index (χ4n) is 3.87. The third kappa shape index (κ3) is 6.50. The van der Waals surface area contributed by atoms with Crippen LogP contribution in [-0.2, 0) is 22.3 Å². The number of rotatable bonds is 8. The lowest BCUT2D eigenvalue weighted by Crippen LogP contribution is -2.47. The molecule has 1 saturated heterocycles. The zero-order valence-electron chi connectivity index (χ0n) is 19.6. The van der Waals surface area contributed by atoms with Gasteiger partial charge in [0.1, 0.15) is 6.17 Å². The maximum Gasteiger partial charge on any atom is 0.416 e. The van der Waals surface area contributed by atoms with Crippen LogP contribution in [0.5, 0.6) is 5.88 Å². The molecule has 7 nitrogen and oxygen atoms in total. The van der Waals surface area contributed by atoms with E-state index in [-0.39, 0.29) is 36.3 Å². The lowest BCUT2D eigenvalue weighted by atomic mass is 9.96. The Morgan fingerprint density at radius 2 is 2.00 bits per heavy atom. The molecule has 2 heterocycles. The molecule has 1 aromatic carbocycles. The van der Waals surface area contributed by atoms with Gasteiger partial charge in [-0.05, 0) is 42.0 Å². The Balaban J connectivity index is 1.54. The van der Waals surface area contributed by atoms with Gasteiger partial charge in [0.05, 0.1) is 12.2 Å². The first kappa shape index (κ1) is 25.0. The van der Waals surface area contributed by atoms with Crippen LogP contribution in [0.4, 0.5) is 13.2 Å². The van der Waals surface area contributed by atoms with Gasteiger partial charge in [-0.15, -0.1) is 0 Å². The summed E-state index contributed by atoms with van der Waals surface area (Å²) in [7, 11) is 0. The number of pyridine rings is 1. The van der Waals surface area contributed by atoms with Crippen LogP contribution in [0.15, 0.2) is 36.5 Å². The van der Waals surface area contributed by atoms with Gasteiger partial charge in [-0.25, -0.2) is 4.98 Å².